The smallest absolute Gasteiger partial charge is 0.356 e. The SMILES string of the molecule is CCOP(=O)(CO[C@@H](COC(=O)C(C)(C)C)Cn1cnc2c(N)ncnc21)OCC. The van der Waals surface area contributed by atoms with E-state index in [0.29, 0.717) is 11.2 Å². The normalized spacial score (nSPS) is 13.5. The lowest BCUT2D eigenvalue weighted by Gasteiger charge is -2.24. The van der Waals surface area contributed by atoms with E-state index in [1.807, 2.05) is 0 Å². The molecule has 0 aliphatic carbocycles. The third-order valence-electron chi connectivity index (χ3n) is 3.96. The highest BCUT2D eigenvalue weighted by Crippen LogP contribution is 2.48. The Morgan fingerprint density at radius 3 is 2.47 bits per heavy atom. The number of fused-ring (bicyclic) bond motifs is 1. The number of aromatic nitrogens is 4. The molecule has 0 aliphatic heterocycles. The summed E-state index contributed by atoms with van der Waals surface area (Å²) in [5, 5.41) is 0. The number of carbonyl (C=O) groups is 1. The third kappa shape index (κ3) is 6.46. The summed E-state index contributed by atoms with van der Waals surface area (Å²) in [6, 6.07) is 0. The monoisotopic (exact) mass is 443 g/mol. The van der Waals surface area contributed by atoms with Gasteiger partial charge >= 0.3 is 13.6 Å². The fraction of sp³-hybridized carbons (Fsp3) is 0.667. The second-order valence-electron chi connectivity index (χ2n) is 7.54. The molecule has 0 saturated carbocycles. The molecule has 0 aliphatic rings. The predicted octanol–water partition coefficient (Wildman–Crippen LogP) is 2.61. The highest BCUT2D eigenvalue weighted by atomic mass is 31.2. The van der Waals surface area contributed by atoms with Crippen LogP contribution in [-0.4, -0.2) is 57.8 Å². The van der Waals surface area contributed by atoms with Crippen LogP contribution in [0.3, 0.4) is 0 Å². The number of hydrogen-bond donors (Lipinski definition) is 1. The van der Waals surface area contributed by atoms with Crippen LogP contribution < -0.4 is 5.73 Å². The van der Waals surface area contributed by atoms with Gasteiger partial charge in [-0.2, -0.15) is 0 Å². The van der Waals surface area contributed by atoms with Crippen LogP contribution in [0.4, 0.5) is 5.82 Å². The van der Waals surface area contributed by atoms with Gasteiger partial charge in [0.1, 0.15) is 30.9 Å². The minimum atomic E-state index is -3.43. The maximum Gasteiger partial charge on any atom is 0.356 e. The molecule has 0 aromatic carbocycles. The molecular weight excluding hydrogens is 413 g/mol. The van der Waals surface area contributed by atoms with Crippen molar-refractivity contribution < 1.29 is 27.9 Å². The molecule has 0 saturated heterocycles. The Balaban J connectivity index is 2.18. The quantitative estimate of drug-likeness (QED) is 0.407. The summed E-state index contributed by atoms with van der Waals surface area (Å²) in [6.45, 7) is 9.30. The van der Waals surface area contributed by atoms with Crippen molar-refractivity contribution in [2.24, 2.45) is 5.41 Å². The van der Waals surface area contributed by atoms with E-state index in [4.69, 9.17) is 24.3 Å². The van der Waals surface area contributed by atoms with Gasteiger partial charge in [0, 0.05) is 0 Å². The van der Waals surface area contributed by atoms with Gasteiger partial charge in [-0.3, -0.25) is 9.36 Å². The molecule has 2 rings (SSSR count). The molecule has 0 bridgehead atoms. The van der Waals surface area contributed by atoms with Gasteiger partial charge in [-0.15, -0.1) is 0 Å². The van der Waals surface area contributed by atoms with Crippen molar-refractivity contribution in [3.63, 3.8) is 0 Å². The molecule has 2 aromatic heterocycles. The zero-order valence-electron chi connectivity index (χ0n) is 18.0. The number of nitrogens with zero attached hydrogens (tertiary/aromatic N) is 4. The molecule has 1 atom stereocenters. The van der Waals surface area contributed by atoms with E-state index >= 15 is 0 Å². The Bertz CT molecular complexity index is 887. The number of carbonyl (C=O) groups excluding carboxylic acids is 1. The summed E-state index contributed by atoms with van der Waals surface area (Å²) in [4.78, 5) is 24.5. The minimum absolute atomic E-state index is 0.0609. The minimum Gasteiger partial charge on any atom is -0.462 e. The molecule has 11 nitrogen and oxygen atoms in total. The maximum absolute atomic E-state index is 12.7. The lowest BCUT2D eigenvalue weighted by molar-refractivity contribution is -0.157. The van der Waals surface area contributed by atoms with Crippen LogP contribution in [0.1, 0.15) is 34.6 Å². The van der Waals surface area contributed by atoms with Gasteiger partial charge in [-0.05, 0) is 34.6 Å². The number of nitrogen functional groups attached to an aromatic ring is 1. The van der Waals surface area contributed by atoms with Crippen molar-refractivity contribution in [1.82, 2.24) is 19.5 Å². The Kier molecular flexibility index (Phi) is 8.31. The van der Waals surface area contributed by atoms with Crippen molar-refractivity contribution in [2.45, 2.75) is 47.3 Å². The van der Waals surface area contributed by atoms with E-state index in [9.17, 15) is 9.36 Å². The zero-order chi connectivity index (χ0) is 22.4. The van der Waals surface area contributed by atoms with Gasteiger partial charge in [0.25, 0.3) is 0 Å². The molecule has 30 heavy (non-hydrogen) atoms. The van der Waals surface area contributed by atoms with Gasteiger partial charge in [-0.25, -0.2) is 15.0 Å². The summed E-state index contributed by atoms with van der Waals surface area (Å²) in [6.07, 6.45) is 1.95. The van der Waals surface area contributed by atoms with E-state index in [-0.39, 0.29) is 44.5 Å². The molecule has 0 amide bonds. The van der Waals surface area contributed by atoms with E-state index in [2.05, 4.69) is 15.0 Å². The van der Waals surface area contributed by atoms with Crippen LogP contribution in [0.5, 0.6) is 0 Å². The van der Waals surface area contributed by atoms with Gasteiger partial charge in [0.15, 0.2) is 11.5 Å². The summed E-state index contributed by atoms with van der Waals surface area (Å²) in [7, 11) is -3.43. The number of hydrogen-bond acceptors (Lipinski definition) is 10. The largest absolute Gasteiger partial charge is 0.462 e. The Morgan fingerprint density at radius 2 is 1.87 bits per heavy atom. The first-order valence-corrected chi connectivity index (χ1v) is 11.4. The highest BCUT2D eigenvalue weighted by molar-refractivity contribution is 7.53. The van der Waals surface area contributed by atoms with Gasteiger partial charge in [0.05, 0.1) is 31.5 Å². The fourth-order valence-electron chi connectivity index (χ4n) is 2.49. The molecule has 2 aromatic rings. The van der Waals surface area contributed by atoms with E-state index < -0.39 is 19.1 Å². The van der Waals surface area contributed by atoms with Crippen molar-refractivity contribution in [2.75, 3.05) is 31.9 Å². The Labute approximate surface area is 175 Å². The van der Waals surface area contributed by atoms with Crippen molar-refractivity contribution in [3.8, 4) is 0 Å². The second kappa shape index (κ2) is 10.3. The van der Waals surface area contributed by atoms with Crippen LogP contribution in [0, 0.1) is 5.41 Å². The number of ether oxygens (including phenoxy) is 2. The molecule has 0 fully saturated rings. The lowest BCUT2D eigenvalue weighted by Crippen LogP contribution is -2.31. The standard InChI is InChI=1S/C18H30N5O6P/c1-6-28-30(25,29-7-2)12-27-13(9-26-17(24)18(3,4)5)8-23-11-22-14-15(19)20-10-21-16(14)23/h10-11,13H,6-9,12H2,1-5H3,(H2,19,20,21)/t13-/m1/s1. The molecule has 0 unspecified atom stereocenters. The van der Waals surface area contributed by atoms with E-state index in [0.717, 1.165) is 0 Å². The van der Waals surface area contributed by atoms with Crippen LogP contribution in [0.2, 0.25) is 0 Å². The first-order valence-electron chi connectivity index (χ1n) is 9.68. The third-order valence-corrected chi connectivity index (χ3v) is 5.73. The molecule has 12 heteroatoms. The van der Waals surface area contributed by atoms with Crippen LogP contribution in [0.25, 0.3) is 11.2 Å². The summed E-state index contributed by atoms with van der Waals surface area (Å²) in [5.41, 5.74) is 6.13. The molecule has 168 valence electrons. The van der Waals surface area contributed by atoms with Crippen LogP contribution in [-0.2, 0) is 34.4 Å². The highest BCUT2D eigenvalue weighted by Gasteiger charge is 2.29. The average Bonchev–Trinajstić information content (AvgIpc) is 3.07. The number of imidazole rings is 1. The first-order chi connectivity index (χ1) is 14.1. The second-order valence-corrected chi connectivity index (χ2v) is 9.54. The molecule has 0 spiro atoms. The van der Waals surface area contributed by atoms with Crippen molar-refractivity contribution >= 4 is 30.5 Å². The maximum atomic E-state index is 12.7. The fourth-order valence-corrected chi connectivity index (χ4v) is 3.90. The summed E-state index contributed by atoms with van der Waals surface area (Å²) >= 11 is 0. The molecule has 0 radical (unpaired) electrons. The lowest BCUT2D eigenvalue weighted by atomic mass is 9.97. The zero-order valence-corrected chi connectivity index (χ0v) is 18.9. The number of anilines is 1. The summed E-state index contributed by atoms with van der Waals surface area (Å²) < 4.78 is 36.2. The van der Waals surface area contributed by atoms with Gasteiger partial charge < -0.3 is 28.8 Å². The first kappa shape index (κ1) is 24.2. The predicted molar refractivity (Wildman–Crippen MR) is 111 cm³/mol. The van der Waals surface area contributed by atoms with Crippen molar-refractivity contribution in [1.29, 1.82) is 0 Å². The molecular formula is C18H30N5O6P. The van der Waals surface area contributed by atoms with Crippen LogP contribution >= 0.6 is 7.60 Å². The average molecular weight is 443 g/mol. The molecule has 2 N–H and O–H groups in total. The number of nitrogens with two attached hydrogens (primary N) is 1. The van der Waals surface area contributed by atoms with E-state index in [1.54, 1.807) is 45.5 Å². The van der Waals surface area contributed by atoms with Crippen molar-refractivity contribution in [3.05, 3.63) is 12.7 Å². The van der Waals surface area contributed by atoms with E-state index in [1.165, 1.54) is 6.33 Å². The Morgan fingerprint density at radius 1 is 1.20 bits per heavy atom. The number of rotatable bonds is 11. The Hall–Kier alpha value is -2.07. The van der Waals surface area contributed by atoms with Gasteiger partial charge in [0.2, 0.25) is 0 Å². The van der Waals surface area contributed by atoms with Gasteiger partial charge in [-0.1, -0.05) is 0 Å². The topological polar surface area (TPSA) is 141 Å². The number of esters is 1. The van der Waals surface area contributed by atoms with Crippen LogP contribution in [0.15, 0.2) is 12.7 Å². The summed E-state index contributed by atoms with van der Waals surface area (Å²) in [5.74, 6) is -0.122. The molecule has 2 heterocycles.